The Hall–Kier alpha value is -1.86. The van der Waals surface area contributed by atoms with Gasteiger partial charge in [-0.15, -0.1) is 0 Å². The van der Waals surface area contributed by atoms with E-state index in [1.807, 2.05) is 0 Å². The molecule has 0 saturated carbocycles. The zero-order chi connectivity index (χ0) is 15.5. The normalized spacial score (nSPS) is 25.3. The first-order valence-corrected chi connectivity index (χ1v) is 7.58. The van der Waals surface area contributed by atoms with Crippen LogP contribution >= 0.6 is 0 Å². The molecule has 0 bridgehead atoms. The summed E-state index contributed by atoms with van der Waals surface area (Å²) >= 11 is 0. The molecule has 3 rings (SSSR count). The van der Waals surface area contributed by atoms with Crippen LogP contribution in [-0.2, 0) is 4.74 Å². The van der Waals surface area contributed by atoms with Crippen molar-refractivity contribution in [2.24, 2.45) is 0 Å². The Balaban J connectivity index is 1.68. The van der Waals surface area contributed by atoms with Crippen LogP contribution in [0.1, 0.15) is 23.3 Å². The van der Waals surface area contributed by atoms with E-state index in [0.29, 0.717) is 13.2 Å². The van der Waals surface area contributed by atoms with Crippen LogP contribution in [-0.4, -0.2) is 61.3 Å². The van der Waals surface area contributed by atoms with Gasteiger partial charge >= 0.3 is 0 Å². The first-order valence-electron chi connectivity index (χ1n) is 7.58. The van der Waals surface area contributed by atoms with Crippen LogP contribution < -0.4 is 15.5 Å². The summed E-state index contributed by atoms with van der Waals surface area (Å²) in [5, 5.41) is 2.97. The fourth-order valence-electron chi connectivity index (χ4n) is 3.11. The molecule has 1 aromatic rings. The number of nitrogens with one attached hydrogen (secondary N) is 2. The fraction of sp³-hybridized carbons (Fsp3) is 0.600. The van der Waals surface area contributed by atoms with E-state index in [9.17, 15) is 9.59 Å². The molecule has 2 fully saturated rings. The maximum absolute atomic E-state index is 12.3. The number of aromatic amines is 1. The zero-order valence-corrected chi connectivity index (χ0v) is 12.6. The molecule has 2 saturated heterocycles. The molecule has 0 unspecified atom stereocenters. The van der Waals surface area contributed by atoms with E-state index in [2.05, 4.69) is 15.2 Å². The van der Waals surface area contributed by atoms with E-state index in [4.69, 9.17) is 9.47 Å². The van der Waals surface area contributed by atoms with Gasteiger partial charge in [0, 0.05) is 12.3 Å². The van der Waals surface area contributed by atoms with Gasteiger partial charge < -0.3 is 19.8 Å². The average Bonchev–Trinajstić information content (AvgIpc) is 3.17. The molecule has 7 nitrogen and oxygen atoms in total. The van der Waals surface area contributed by atoms with Crippen LogP contribution in [0, 0.1) is 0 Å². The lowest BCUT2D eigenvalue weighted by Gasteiger charge is -2.27. The van der Waals surface area contributed by atoms with Gasteiger partial charge in [0.15, 0.2) is 5.75 Å². The lowest BCUT2D eigenvalue weighted by Crippen LogP contribution is -2.50. The number of carbonyl (C=O) groups is 1. The third kappa shape index (κ3) is 3.00. The number of methoxy groups -OCH3 is 1. The van der Waals surface area contributed by atoms with Gasteiger partial charge in [0.05, 0.1) is 32.4 Å². The van der Waals surface area contributed by atoms with Crippen molar-refractivity contribution in [2.75, 3.05) is 33.4 Å². The minimum absolute atomic E-state index is 0.0452. The van der Waals surface area contributed by atoms with Gasteiger partial charge in [0.2, 0.25) is 5.43 Å². The number of carbonyl (C=O) groups excluding carboxylic acids is 1. The van der Waals surface area contributed by atoms with Gasteiger partial charge in [0.1, 0.15) is 5.69 Å². The van der Waals surface area contributed by atoms with Gasteiger partial charge in [-0.3, -0.25) is 14.5 Å². The molecule has 2 aliphatic heterocycles. The molecule has 0 aromatic carbocycles. The van der Waals surface area contributed by atoms with Crippen molar-refractivity contribution in [2.45, 2.75) is 24.9 Å². The lowest BCUT2D eigenvalue weighted by atomic mass is 10.1. The molecular formula is C15H21N3O4. The maximum atomic E-state index is 12.3. The van der Waals surface area contributed by atoms with E-state index in [1.165, 1.54) is 32.2 Å². The van der Waals surface area contributed by atoms with E-state index >= 15 is 0 Å². The van der Waals surface area contributed by atoms with Crippen LogP contribution in [0.4, 0.5) is 0 Å². The molecule has 2 N–H and O–H groups in total. The SMILES string of the molecule is COc1c[nH]c(C(=O)N[C@H]2COC[C@@H]2N2CCCC2)cc1=O. The Labute approximate surface area is 128 Å². The number of amides is 1. The zero-order valence-electron chi connectivity index (χ0n) is 12.6. The lowest BCUT2D eigenvalue weighted by molar-refractivity contribution is 0.0911. The summed E-state index contributed by atoms with van der Waals surface area (Å²) in [7, 11) is 1.42. The maximum Gasteiger partial charge on any atom is 0.268 e. The number of rotatable bonds is 4. The van der Waals surface area contributed by atoms with Crippen molar-refractivity contribution < 1.29 is 14.3 Å². The Bertz CT molecular complexity index is 595. The number of hydrogen-bond donors (Lipinski definition) is 2. The smallest absolute Gasteiger partial charge is 0.268 e. The van der Waals surface area contributed by atoms with Crippen molar-refractivity contribution >= 4 is 5.91 Å². The second-order valence-electron chi connectivity index (χ2n) is 5.71. The topological polar surface area (TPSA) is 83.7 Å². The number of ether oxygens (including phenoxy) is 2. The van der Waals surface area contributed by atoms with Gasteiger partial charge in [-0.2, -0.15) is 0 Å². The predicted molar refractivity (Wildman–Crippen MR) is 80.3 cm³/mol. The Morgan fingerprint density at radius 3 is 2.86 bits per heavy atom. The molecule has 1 amide bonds. The minimum atomic E-state index is -0.315. The molecule has 0 radical (unpaired) electrons. The highest BCUT2D eigenvalue weighted by atomic mass is 16.5. The number of likely N-dealkylation sites (tertiary alicyclic amines) is 1. The van der Waals surface area contributed by atoms with Gasteiger partial charge in [-0.1, -0.05) is 0 Å². The van der Waals surface area contributed by atoms with E-state index in [1.54, 1.807) is 0 Å². The van der Waals surface area contributed by atoms with Crippen molar-refractivity contribution in [3.8, 4) is 5.75 Å². The molecular weight excluding hydrogens is 286 g/mol. The summed E-state index contributed by atoms with van der Waals surface area (Å²) in [6.07, 6.45) is 3.80. The molecule has 0 aliphatic carbocycles. The Morgan fingerprint density at radius 2 is 2.18 bits per heavy atom. The average molecular weight is 307 g/mol. The summed E-state index contributed by atoms with van der Waals surface area (Å²) in [5.74, 6) is -0.102. The van der Waals surface area contributed by atoms with Crippen molar-refractivity contribution in [3.05, 3.63) is 28.2 Å². The third-order valence-electron chi connectivity index (χ3n) is 4.32. The highest BCUT2D eigenvalue weighted by molar-refractivity contribution is 5.92. The molecule has 120 valence electrons. The minimum Gasteiger partial charge on any atom is -0.491 e. The first-order chi connectivity index (χ1) is 10.7. The van der Waals surface area contributed by atoms with Gasteiger partial charge in [-0.25, -0.2) is 0 Å². The van der Waals surface area contributed by atoms with E-state index in [0.717, 1.165) is 13.1 Å². The van der Waals surface area contributed by atoms with Crippen LogP contribution in [0.2, 0.25) is 0 Å². The standard InChI is InChI=1S/C15H21N3O4/c1-21-14-7-16-10(6-13(14)19)15(20)17-11-8-22-9-12(11)18-4-2-3-5-18/h6-7,11-12H,2-5,8-9H2,1H3,(H,16,19)(H,17,20)/t11-,12-/m0/s1. The first kappa shape index (κ1) is 15.1. The molecule has 7 heteroatoms. The summed E-state index contributed by atoms with van der Waals surface area (Å²) in [4.78, 5) is 29.2. The highest BCUT2D eigenvalue weighted by Gasteiger charge is 2.35. The van der Waals surface area contributed by atoms with Gasteiger partial charge in [-0.05, 0) is 25.9 Å². The summed E-state index contributed by atoms with van der Waals surface area (Å²) in [6.45, 7) is 3.26. The molecule has 2 aliphatic rings. The van der Waals surface area contributed by atoms with Crippen molar-refractivity contribution in [3.63, 3.8) is 0 Å². The predicted octanol–water partition coefficient (Wildman–Crippen LogP) is -0.0235. The third-order valence-corrected chi connectivity index (χ3v) is 4.32. The van der Waals surface area contributed by atoms with Crippen molar-refractivity contribution in [1.29, 1.82) is 0 Å². The number of hydrogen-bond acceptors (Lipinski definition) is 5. The summed E-state index contributed by atoms with van der Waals surface area (Å²) in [5.41, 5.74) is -0.0805. The quantitative estimate of drug-likeness (QED) is 0.816. The van der Waals surface area contributed by atoms with Crippen molar-refractivity contribution in [1.82, 2.24) is 15.2 Å². The molecule has 3 heterocycles. The molecule has 0 spiro atoms. The monoisotopic (exact) mass is 307 g/mol. The number of H-pyrrole nitrogens is 1. The highest BCUT2D eigenvalue weighted by Crippen LogP contribution is 2.19. The van der Waals surface area contributed by atoms with E-state index < -0.39 is 0 Å². The molecule has 2 atom stereocenters. The second-order valence-corrected chi connectivity index (χ2v) is 5.71. The number of aromatic nitrogens is 1. The molecule has 22 heavy (non-hydrogen) atoms. The van der Waals surface area contributed by atoms with Gasteiger partial charge in [0.25, 0.3) is 5.91 Å². The molecule has 1 aromatic heterocycles. The van der Waals surface area contributed by atoms with Crippen LogP contribution in [0.5, 0.6) is 5.75 Å². The Kier molecular flexibility index (Phi) is 4.44. The largest absolute Gasteiger partial charge is 0.491 e. The van der Waals surface area contributed by atoms with Crippen LogP contribution in [0.15, 0.2) is 17.1 Å². The number of pyridine rings is 1. The van der Waals surface area contributed by atoms with Crippen LogP contribution in [0.25, 0.3) is 0 Å². The van der Waals surface area contributed by atoms with E-state index in [-0.39, 0.29) is 34.9 Å². The fourth-order valence-corrected chi connectivity index (χ4v) is 3.11. The summed E-state index contributed by atoms with van der Waals surface area (Å²) in [6, 6.07) is 1.43. The second kappa shape index (κ2) is 6.50. The number of nitrogens with zero attached hydrogens (tertiary/aromatic N) is 1. The Morgan fingerprint density at radius 1 is 1.41 bits per heavy atom. The summed E-state index contributed by atoms with van der Waals surface area (Å²) < 4.78 is 10.4. The van der Waals surface area contributed by atoms with Crippen LogP contribution in [0.3, 0.4) is 0 Å².